The van der Waals surface area contributed by atoms with Crippen molar-refractivity contribution in [3.8, 4) is 5.75 Å². The predicted molar refractivity (Wildman–Crippen MR) is 101 cm³/mol. The SMILES string of the molecule is Cc1ccc(OCC(=O)O[C@H](C)C(=O)NCCC2=CCCCC2)cc1C. The van der Waals surface area contributed by atoms with Crippen LogP contribution in [-0.2, 0) is 14.3 Å². The first kappa shape index (κ1) is 20.0. The van der Waals surface area contributed by atoms with Crippen LogP contribution in [-0.4, -0.2) is 31.1 Å². The molecular formula is C21H29NO4. The normalized spacial score (nSPS) is 15.0. The van der Waals surface area contributed by atoms with E-state index >= 15 is 0 Å². The number of benzene rings is 1. The minimum atomic E-state index is -0.828. The highest BCUT2D eigenvalue weighted by atomic mass is 16.6. The Kier molecular flexibility index (Phi) is 7.70. The molecule has 26 heavy (non-hydrogen) atoms. The Morgan fingerprint density at radius 1 is 1.19 bits per heavy atom. The molecule has 0 spiro atoms. The van der Waals surface area contributed by atoms with Gasteiger partial charge in [0.2, 0.25) is 0 Å². The van der Waals surface area contributed by atoms with E-state index in [2.05, 4.69) is 11.4 Å². The second-order valence-corrected chi connectivity index (χ2v) is 6.82. The molecule has 1 atom stereocenters. The molecule has 1 amide bonds. The fourth-order valence-corrected chi connectivity index (χ4v) is 2.85. The van der Waals surface area contributed by atoms with E-state index in [4.69, 9.17) is 9.47 Å². The first-order valence-corrected chi connectivity index (χ1v) is 9.31. The van der Waals surface area contributed by atoms with Crippen molar-refractivity contribution in [1.29, 1.82) is 0 Å². The topological polar surface area (TPSA) is 64.6 Å². The van der Waals surface area contributed by atoms with Crippen molar-refractivity contribution in [2.75, 3.05) is 13.2 Å². The van der Waals surface area contributed by atoms with Crippen molar-refractivity contribution < 1.29 is 19.1 Å². The molecule has 2 rings (SSSR count). The fourth-order valence-electron chi connectivity index (χ4n) is 2.85. The monoisotopic (exact) mass is 359 g/mol. The molecule has 0 saturated heterocycles. The standard InChI is InChI=1S/C21H29NO4/c1-15-9-10-19(13-16(15)2)25-14-20(23)26-17(3)21(24)22-12-11-18-7-5-4-6-8-18/h7,9-10,13,17H,4-6,8,11-12,14H2,1-3H3,(H,22,24)/t17-/m1/s1. The van der Waals surface area contributed by atoms with Crippen LogP contribution in [0, 0.1) is 13.8 Å². The Morgan fingerprint density at radius 3 is 2.69 bits per heavy atom. The van der Waals surface area contributed by atoms with E-state index in [1.165, 1.54) is 18.4 Å². The van der Waals surface area contributed by atoms with E-state index in [9.17, 15) is 9.59 Å². The lowest BCUT2D eigenvalue weighted by Gasteiger charge is -2.16. The van der Waals surface area contributed by atoms with Gasteiger partial charge in [0.15, 0.2) is 12.7 Å². The molecule has 0 unspecified atom stereocenters. The lowest BCUT2D eigenvalue weighted by molar-refractivity contribution is -0.156. The van der Waals surface area contributed by atoms with Crippen LogP contribution in [0.15, 0.2) is 29.8 Å². The lowest BCUT2D eigenvalue weighted by Crippen LogP contribution is -2.37. The zero-order valence-electron chi connectivity index (χ0n) is 16.0. The quantitative estimate of drug-likeness (QED) is 0.569. The second kappa shape index (κ2) is 10.00. The Labute approximate surface area is 155 Å². The Morgan fingerprint density at radius 2 is 2.00 bits per heavy atom. The van der Waals surface area contributed by atoms with Gasteiger partial charge < -0.3 is 14.8 Å². The summed E-state index contributed by atoms with van der Waals surface area (Å²) < 4.78 is 10.6. The summed E-state index contributed by atoms with van der Waals surface area (Å²) in [5.74, 6) is -0.218. The molecule has 0 fully saturated rings. The van der Waals surface area contributed by atoms with Crippen LogP contribution in [0.1, 0.15) is 50.2 Å². The van der Waals surface area contributed by atoms with E-state index in [-0.39, 0.29) is 12.5 Å². The van der Waals surface area contributed by atoms with Crippen molar-refractivity contribution in [3.63, 3.8) is 0 Å². The van der Waals surface area contributed by atoms with Crippen molar-refractivity contribution in [1.82, 2.24) is 5.32 Å². The molecule has 0 heterocycles. The summed E-state index contributed by atoms with van der Waals surface area (Å²) in [6.07, 6.45) is 7.05. The van der Waals surface area contributed by atoms with Gasteiger partial charge in [0, 0.05) is 6.54 Å². The number of nitrogens with one attached hydrogen (secondary N) is 1. The minimum Gasteiger partial charge on any atom is -0.482 e. The summed E-state index contributed by atoms with van der Waals surface area (Å²) in [4.78, 5) is 23.9. The van der Waals surface area contributed by atoms with Gasteiger partial charge in [-0.2, -0.15) is 0 Å². The van der Waals surface area contributed by atoms with Crippen molar-refractivity contribution in [2.45, 2.75) is 59.0 Å². The number of allylic oxidation sites excluding steroid dienone is 1. The van der Waals surface area contributed by atoms with Crippen LogP contribution in [0.4, 0.5) is 0 Å². The zero-order chi connectivity index (χ0) is 18.9. The number of rotatable bonds is 8. The summed E-state index contributed by atoms with van der Waals surface area (Å²) in [6.45, 7) is 5.93. The van der Waals surface area contributed by atoms with Crippen LogP contribution in [0.5, 0.6) is 5.75 Å². The maximum atomic E-state index is 12.0. The third-order valence-electron chi connectivity index (χ3n) is 4.64. The molecule has 0 radical (unpaired) electrons. The Bertz CT molecular complexity index is 666. The smallest absolute Gasteiger partial charge is 0.344 e. The number of hydrogen-bond acceptors (Lipinski definition) is 4. The molecule has 0 aliphatic heterocycles. The van der Waals surface area contributed by atoms with E-state index in [0.29, 0.717) is 12.3 Å². The van der Waals surface area contributed by atoms with Gasteiger partial charge >= 0.3 is 5.97 Å². The predicted octanol–water partition coefficient (Wildman–Crippen LogP) is 3.62. The molecule has 1 aromatic rings. The molecule has 1 aliphatic carbocycles. The van der Waals surface area contributed by atoms with Crippen molar-refractivity contribution in [3.05, 3.63) is 41.0 Å². The maximum absolute atomic E-state index is 12.0. The third kappa shape index (κ3) is 6.54. The molecule has 0 aromatic heterocycles. The highest BCUT2D eigenvalue weighted by Crippen LogP contribution is 2.19. The van der Waals surface area contributed by atoms with Gasteiger partial charge in [-0.25, -0.2) is 4.79 Å². The van der Waals surface area contributed by atoms with Crippen LogP contribution < -0.4 is 10.1 Å². The number of esters is 1. The molecule has 0 bridgehead atoms. The highest BCUT2D eigenvalue weighted by Gasteiger charge is 2.18. The molecular weight excluding hydrogens is 330 g/mol. The fraction of sp³-hybridized carbons (Fsp3) is 0.524. The number of carbonyl (C=O) groups is 2. The van der Waals surface area contributed by atoms with Crippen LogP contribution >= 0.6 is 0 Å². The van der Waals surface area contributed by atoms with Crippen molar-refractivity contribution >= 4 is 11.9 Å². The largest absolute Gasteiger partial charge is 0.482 e. The average molecular weight is 359 g/mol. The van der Waals surface area contributed by atoms with E-state index in [1.807, 2.05) is 32.0 Å². The van der Waals surface area contributed by atoms with Gasteiger partial charge in [-0.05, 0) is 76.1 Å². The van der Waals surface area contributed by atoms with E-state index < -0.39 is 12.1 Å². The number of hydrogen-bond donors (Lipinski definition) is 1. The van der Waals surface area contributed by atoms with Gasteiger partial charge in [-0.1, -0.05) is 17.7 Å². The Balaban J connectivity index is 1.67. The first-order valence-electron chi connectivity index (χ1n) is 9.31. The minimum absolute atomic E-state index is 0.215. The first-order chi connectivity index (χ1) is 12.5. The lowest BCUT2D eigenvalue weighted by atomic mass is 9.97. The average Bonchev–Trinajstić information content (AvgIpc) is 2.63. The number of ether oxygens (including phenoxy) is 2. The number of amides is 1. The zero-order valence-corrected chi connectivity index (χ0v) is 16.0. The summed E-state index contributed by atoms with van der Waals surface area (Å²) in [5, 5.41) is 2.82. The summed E-state index contributed by atoms with van der Waals surface area (Å²) >= 11 is 0. The van der Waals surface area contributed by atoms with Gasteiger partial charge in [0.05, 0.1) is 0 Å². The molecule has 1 aromatic carbocycles. The molecule has 5 nitrogen and oxygen atoms in total. The third-order valence-corrected chi connectivity index (χ3v) is 4.64. The molecule has 1 N–H and O–H groups in total. The van der Waals surface area contributed by atoms with Gasteiger partial charge in [0.1, 0.15) is 5.75 Å². The van der Waals surface area contributed by atoms with Crippen molar-refractivity contribution in [2.24, 2.45) is 0 Å². The molecule has 5 heteroatoms. The van der Waals surface area contributed by atoms with Gasteiger partial charge in [0.25, 0.3) is 5.91 Å². The molecule has 1 aliphatic rings. The summed E-state index contributed by atoms with van der Waals surface area (Å²) in [6, 6.07) is 5.62. The van der Waals surface area contributed by atoms with Crippen LogP contribution in [0.2, 0.25) is 0 Å². The van der Waals surface area contributed by atoms with E-state index in [1.54, 1.807) is 6.92 Å². The molecule has 142 valence electrons. The number of aryl methyl sites for hydroxylation is 2. The molecule has 0 saturated carbocycles. The Hall–Kier alpha value is -2.30. The van der Waals surface area contributed by atoms with Crippen LogP contribution in [0.3, 0.4) is 0 Å². The van der Waals surface area contributed by atoms with Gasteiger partial charge in [-0.15, -0.1) is 0 Å². The second-order valence-electron chi connectivity index (χ2n) is 6.82. The van der Waals surface area contributed by atoms with Gasteiger partial charge in [-0.3, -0.25) is 4.79 Å². The highest BCUT2D eigenvalue weighted by molar-refractivity contribution is 5.83. The summed E-state index contributed by atoms with van der Waals surface area (Å²) in [7, 11) is 0. The number of carbonyl (C=O) groups excluding carboxylic acids is 2. The van der Waals surface area contributed by atoms with E-state index in [0.717, 1.165) is 30.4 Å². The summed E-state index contributed by atoms with van der Waals surface area (Å²) in [5.41, 5.74) is 3.66. The maximum Gasteiger partial charge on any atom is 0.344 e. The van der Waals surface area contributed by atoms with Crippen LogP contribution in [0.25, 0.3) is 0 Å².